The molecule has 1 aromatic carbocycles. The zero-order valence-corrected chi connectivity index (χ0v) is 17.8. The van der Waals surface area contributed by atoms with Gasteiger partial charge in [0.05, 0.1) is 17.1 Å². The Hall–Kier alpha value is -3.00. The minimum absolute atomic E-state index is 0.0265. The van der Waals surface area contributed by atoms with E-state index < -0.39 is 0 Å². The van der Waals surface area contributed by atoms with Crippen molar-refractivity contribution in [3.8, 4) is 0 Å². The van der Waals surface area contributed by atoms with Gasteiger partial charge in [-0.25, -0.2) is 9.97 Å². The van der Waals surface area contributed by atoms with E-state index in [1.54, 1.807) is 17.7 Å². The zero-order chi connectivity index (χ0) is 20.7. The number of aromatic amines is 1. The Morgan fingerprint density at radius 3 is 3.10 bits per heavy atom. The highest BCUT2D eigenvalue weighted by molar-refractivity contribution is 7.19. The summed E-state index contributed by atoms with van der Waals surface area (Å²) >= 11 is 1.75. The monoisotopic (exact) mass is 420 g/mol. The average molecular weight is 421 g/mol. The van der Waals surface area contributed by atoms with Crippen molar-refractivity contribution in [1.82, 2.24) is 25.5 Å². The number of H-pyrrole nitrogens is 1. The standard InChI is InChI=1S/C22H24N6OS/c1-12(2)21(29)23-9-13-3-5-16-18(7-13)30-22-19(16)20(24-11-25-22)27-15-4-6-17-14(8-15)10-26-28-17/h4,6,8,10-13H,3,5,7,9H2,1-2H3,(H,23,29)(H,26,28)(H,24,25,27). The highest BCUT2D eigenvalue weighted by Crippen LogP contribution is 2.40. The minimum atomic E-state index is 0.0265. The number of fused-ring (bicyclic) bond motifs is 4. The highest BCUT2D eigenvalue weighted by atomic mass is 32.1. The summed E-state index contributed by atoms with van der Waals surface area (Å²) in [5.41, 5.74) is 3.35. The van der Waals surface area contributed by atoms with Crippen LogP contribution in [0.25, 0.3) is 21.1 Å². The van der Waals surface area contributed by atoms with Crippen LogP contribution in [-0.4, -0.2) is 32.6 Å². The molecule has 30 heavy (non-hydrogen) atoms. The maximum atomic E-state index is 11.9. The molecule has 1 aliphatic rings. The van der Waals surface area contributed by atoms with Crippen LogP contribution in [0.4, 0.5) is 11.5 Å². The van der Waals surface area contributed by atoms with Gasteiger partial charge in [0.2, 0.25) is 5.91 Å². The van der Waals surface area contributed by atoms with Crippen molar-refractivity contribution in [3.63, 3.8) is 0 Å². The number of nitrogens with zero attached hydrogens (tertiary/aromatic N) is 3. The number of thiophene rings is 1. The largest absolute Gasteiger partial charge is 0.356 e. The molecule has 0 fully saturated rings. The van der Waals surface area contributed by atoms with E-state index in [0.29, 0.717) is 5.92 Å². The molecule has 3 N–H and O–H groups in total. The third-order valence-electron chi connectivity index (χ3n) is 5.74. The molecule has 0 aliphatic heterocycles. The van der Waals surface area contributed by atoms with Crippen LogP contribution in [0.3, 0.4) is 0 Å². The van der Waals surface area contributed by atoms with E-state index in [1.807, 2.05) is 32.2 Å². The number of hydrogen-bond donors (Lipinski definition) is 3. The lowest BCUT2D eigenvalue weighted by Crippen LogP contribution is -2.34. The van der Waals surface area contributed by atoms with Gasteiger partial charge < -0.3 is 10.6 Å². The first kappa shape index (κ1) is 19.0. The van der Waals surface area contributed by atoms with E-state index in [-0.39, 0.29) is 11.8 Å². The summed E-state index contributed by atoms with van der Waals surface area (Å²) in [7, 11) is 0. The predicted octanol–water partition coefficient (Wildman–Crippen LogP) is 4.19. The Morgan fingerprint density at radius 2 is 2.23 bits per heavy atom. The second-order valence-corrected chi connectivity index (χ2v) is 9.30. The van der Waals surface area contributed by atoms with E-state index in [0.717, 1.165) is 58.4 Å². The third-order valence-corrected chi connectivity index (χ3v) is 6.90. The molecule has 4 aromatic rings. The van der Waals surface area contributed by atoms with Crippen LogP contribution in [-0.2, 0) is 17.6 Å². The van der Waals surface area contributed by atoms with Crippen molar-refractivity contribution in [2.45, 2.75) is 33.1 Å². The number of aromatic nitrogens is 4. The fourth-order valence-electron chi connectivity index (χ4n) is 4.05. The number of amides is 1. The van der Waals surface area contributed by atoms with Gasteiger partial charge in [0.15, 0.2) is 0 Å². The van der Waals surface area contributed by atoms with Gasteiger partial charge in [-0.1, -0.05) is 13.8 Å². The fourth-order valence-corrected chi connectivity index (χ4v) is 5.36. The molecule has 0 bridgehead atoms. The smallest absolute Gasteiger partial charge is 0.222 e. The number of carbonyl (C=O) groups is 1. The molecule has 7 nitrogen and oxygen atoms in total. The number of carbonyl (C=O) groups excluding carboxylic acids is 1. The molecule has 0 saturated heterocycles. The molecule has 0 saturated carbocycles. The second-order valence-electron chi connectivity index (χ2n) is 8.21. The normalized spacial score (nSPS) is 16.2. The lowest BCUT2D eigenvalue weighted by molar-refractivity contribution is -0.124. The number of benzene rings is 1. The van der Waals surface area contributed by atoms with Crippen LogP contribution < -0.4 is 10.6 Å². The zero-order valence-electron chi connectivity index (χ0n) is 17.0. The Bertz CT molecular complexity index is 1230. The van der Waals surface area contributed by atoms with E-state index in [4.69, 9.17) is 0 Å². The molecule has 0 radical (unpaired) electrons. The molecule has 154 valence electrons. The summed E-state index contributed by atoms with van der Waals surface area (Å²) in [5, 5.41) is 15.8. The Kier molecular flexibility index (Phi) is 4.86. The first-order chi connectivity index (χ1) is 14.6. The van der Waals surface area contributed by atoms with Crippen LogP contribution in [0, 0.1) is 11.8 Å². The van der Waals surface area contributed by atoms with Gasteiger partial charge in [-0.15, -0.1) is 11.3 Å². The Balaban J connectivity index is 1.40. The number of nitrogens with one attached hydrogen (secondary N) is 3. The lowest BCUT2D eigenvalue weighted by atomic mass is 9.87. The topological polar surface area (TPSA) is 95.6 Å². The predicted molar refractivity (Wildman–Crippen MR) is 120 cm³/mol. The molecular weight excluding hydrogens is 396 g/mol. The number of aryl methyl sites for hydroxylation is 1. The SMILES string of the molecule is CC(C)C(=O)NCC1CCc2c(sc3ncnc(Nc4ccc5[nH]ncc5c4)c23)C1. The van der Waals surface area contributed by atoms with E-state index in [9.17, 15) is 4.79 Å². The fraction of sp³-hybridized carbons (Fsp3) is 0.364. The minimum Gasteiger partial charge on any atom is -0.356 e. The Labute approximate surface area is 178 Å². The summed E-state index contributed by atoms with van der Waals surface area (Å²) in [5.74, 6) is 1.48. The molecule has 3 heterocycles. The molecule has 1 aliphatic carbocycles. The van der Waals surface area contributed by atoms with Crippen molar-refractivity contribution < 1.29 is 4.79 Å². The molecule has 1 amide bonds. The van der Waals surface area contributed by atoms with Crippen LogP contribution in [0.15, 0.2) is 30.7 Å². The van der Waals surface area contributed by atoms with E-state index >= 15 is 0 Å². The maximum absolute atomic E-state index is 11.9. The van der Waals surface area contributed by atoms with Crippen LogP contribution in [0.2, 0.25) is 0 Å². The number of hydrogen-bond acceptors (Lipinski definition) is 6. The summed E-state index contributed by atoms with van der Waals surface area (Å²) in [6.07, 6.45) is 6.48. The van der Waals surface area contributed by atoms with Crippen LogP contribution >= 0.6 is 11.3 Å². The molecule has 5 rings (SSSR count). The molecule has 8 heteroatoms. The molecule has 0 spiro atoms. The van der Waals surface area contributed by atoms with Crippen LogP contribution in [0.5, 0.6) is 0 Å². The van der Waals surface area contributed by atoms with E-state index in [1.165, 1.54) is 10.4 Å². The van der Waals surface area contributed by atoms with Gasteiger partial charge in [0.25, 0.3) is 0 Å². The molecule has 1 unspecified atom stereocenters. The summed E-state index contributed by atoms with van der Waals surface area (Å²) in [6, 6.07) is 6.11. The van der Waals surface area contributed by atoms with Crippen molar-refractivity contribution in [3.05, 3.63) is 41.2 Å². The Morgan fingerprint density at radius 1 is 1.33 bits per heavy atom. The summed E-state index contributed by atoms with van der Waals surface area (Å²) < 4.78 is 0. The molecule has 3 aromatic heterocycles. The van der Waals surface area contributed by atoms with Gasteiger partial charge >= 0.3 is 0 Å². The third kappa shape index (κ3) is 3.52. The van der Waals surface area contributed by atoms with Crippen LogP contribution in [0.1, 0.15) is 30.7 Å². The highest BCUT2D eigenvalue weighted by Gasteiger charge is 2.25. The van der Waals surface area contributed by atoms with Gasteiger partial charge in [-0.2, -0.15) is 5.10 Å². The van der Waals surface area contributed by atoms with Gasteiger partial charge in [-0.3, -0.25) is 9.89 Å². The van der Waals surface area contributed by atoms with Crippen molar-refractivity contribution in [2.24, 2.45) is 11.8 Å². The van der Waals surface area contributed by atoms with Gasteiger partial charge in [0.1, 0.15) is 17.0 Å². The molecular formula is C22H24N6OS. The maximum Gasteiger partial charge on any atom is 0.222 e. The average Bonchev–Trinajstić information content (AvgIpc) is 3.35. The van der Waals surface area contributed by atoms with Crippen molar-refractivity contribution >= 4 is 49.9 Å². The first-order valence-electron chi connectivity index (χ1n) is 10.3. The first-order valence-corrected chi connectivity index (χ1v) is 11.1. The van der Waals surface area contributed by atoms with Crippen molar-refractivity contribution in [1.29, 1.82) is 0 Å². The van der Waals surface area contributed by atoms with Gasteiger partial charge in [0, 0.05) is 28.4 Å². The van der Waals surface area contributed by atoms with E-state index in [2.05, 4.69) is 36.9 Å². The molecule has 1 atom stereocenters. The van der Waals surface area contributed by atoms with Crippen molar-refractivity contribution in [2.75, 3.05) is 11.9 Å². The lowest BCUT2D eigenvalue weighted by Gasteiger charge is -2.23. The summed E-state index contributed by atoms with van der Waals surface area (Å²) in [4.78, 5) is 23.4. The van der Waals surface area contributed by atoms with Gasteiger partial charge in [-0.05, 0) is 48.9 Å². The quantitative estimate of drug-likeness (QED) is 0.450. The number of anilines is 2. The second kappa shape index (κ2) is 7.68. The summed E-state index contributed by atoms with van der Waals surface area (Å²) in [6.45, 7) is 4.60. The number of rotatable bonds is 5.